The summed E-state index contributed by atoms with van der Waals surface area (Å²) in [4.78, 5) is 5.06. The van der Waals surface area contributed by atoms with Crippen LogP contribution in [0, 0.1) is 0 Å². The lowest BCUT2D eigenvalue weighted by molar-refractivity contribution is -0.0165. The van der Waals surface area contributed by atoms with Crippen LogP contribution >= 0.6 is 11.8 Å². The van der Waals surface area contributed by atoms with Gasteiger partial charge in [0.05, 0.1) is 31.1 Å². The fourth-order valence-corrected chi connectivity index (χ4v) is 2.69. The Morgan fingerprint density at radius 1 is 1.27 bits per heavy atom. The summed E-state index contributed by atoms with van der Waals surface area (Å²) >= 11 is 1.90. The van der Waals surface area contributed by atoms with Crippen molar-refractivity contribution >= 4 is 11.8 Å². The molecule has 1 unspecified atom stereocenters. The molecule has 1 aromatic rings. The molecule has 0 radical (unpaired) electrons. The first-order valence-corrected chi connectivity index (χ1v) is 8.60. The van der Waals surface area contributed by atoms with Crippen LogP contribution < -0.4 is 5.90 Å². The summed E-state index contributed by atoms with van der Waals surface area (Å²) in [6, 6.07) is 0. The third kappa shape index (κ3) is 8.73. The lowest BCUT2D eigenvalue weighted by Crippen LogP contribution is -2.25. The molecular weight excluding hydrogens is 300 g/mol. The third-order valence-corrected chi connectivity index (χ3v) is 4.10. The summed E-state index contributed by atoms with van der Waals surface area (Å²) in [6.07, 6.45) is 2.70. The van der Waals surface area contributed by atoms with E-state index in [9.17, 15) is 0 Å². The number of nitrogens with two attached hydrogens (primary N) is 1. The van der Waals surface area contributed by atoms with E-state index in [-0.39, 0.29) is 16.5 Å². The van der Waals surface area contributed by atoms with Crippen LogP contribution in [0.15, 0.2) is 6.20 Å². The molecule has 128 valence electrons. The maximum absolute atomic E-state index is 5.69. The highest BCUT2D eigenvalue weighted by molar-refractivity contribution is 8.00. The third-order valence-electron chi connectivity index (χ3n) is 2.80. The Bertz CT molecular complexity index is 437. The molecule has 22 heavy (non-hydrogen) atoms. The fraction of sp³-hybridized carbons (Fsp3) is 0.867. The molecule has 0 aliphatic rings. The Kier molecular flexibility index (Phi) is 7.31. The minimum Gasteiger partial charge on any atom is -0.369 e. The molecule has 0 bridgehead atoms. The fourth-order valence-electron chi connectivity index (χ4n) is 1.69. The van der Waals surface area contributed by atoms with E-state index >= 15 is 0 Å². The Morgan fingerprint density at radius 2 is 1.95 bits per heavy atom. The van der Waals surface area contributed by atoms with Crippen LogP contribution in [0.4, 0.5) is 0 Å². The predicted molar refractivity (Wildman–Crippen MR) is 90.5 cm³/mol. The van der Waals surface area contributed by atoms with Crippen molar-refractivity contribution in [1.29, 1.82) is 0 Å². The van der Waals surface area contributed by atoms with E-state index in [0.29, 0.717) is 13.2 Å². The molecule has 2 N–H and O–H groups in total. The maximum atomic E-state index is 5.69. The highest BCUT2D eigenvalue weighted by Crippen LogP contribution is 2.24. The van der Waals surface area contributed by atoms with E-state index in [0.717, 1.165) is 17.9 Å². The number of rotatable bonds is 8. The number of ether oxygens (including phenoxy) is 1. The zero-order valence-electron chi connectivity index (χ0n) is 14.6. The average Bonchev–Trinajstić information content (AvgIpc) is 2.80. The lowest BCUT2D eigenvalue weighted by Gasteiger charge is -2.20. The van der Waals surface area contributed by atoms with E-state index in [1.54, 1.807) is 4.68 Å². The van der Waals surface area contributed by atoms with E-state index in [4.69, 9.17) is 15.5 Å². The van der Waals surface area contributed by atoms with E-state index in [1.165, 1.54) is 0 Å². The minimum absolute atomic E-state index is 0.0621. The number of aromatic nitrogens is 3. The molecule has 0 aliphatic heterocycles. The standard InChI is InChI=1S/C15H30N4O2S/c1-14(2,3)20-11-12-9-19(18-17-12)10-13(21-16)7-8-22-15(4,5)6/h9,13H,7-8,10-11,16H2,1-6H3. The van der Waals surface area contributed by atoms with Crippen LogP contribution in [0.5, 0.6) is 0 Å². The summed E-state index contributed by atoms with van der Waals surface area (Å²) in [6.45, 7) is 13.7. The second-order valence-corrected chi connectivity index (χ2v) is 9.26. The molecule has 7 heteroatoms. The lowest BCUT2D eigenvalue weighted by atomic mass is 10.2. The van der Waals surface area contributed by atoms with Gasteiger partial charge in [-0.3, -0.25) is 4.84 Å². The molecule has 0 saturated heterocycles. The second-order valence-electron chi connectivity index (χ2n) is 7.34. The van der Waals surface area contributed by atoms with Crippen molar-refractivity contribution in [2.45, 2.75) is 77.6 Å². The van der Waals surface area contributed by atoms with E-state index in [2.05, 4.69) is 31.1 Å². The van der Waals surface area contributed by atoms with Gasteiger partial charge in [-0.15, -0.1) is 5.10 Å². The molecule has 0 fully saturated rings. The molecule has 0 aromatic carbocycles. The number of thioether (sulfide) groups is 1. The molecule has 0 amide bonds. The zero-order chi connectivity index (χ0) is 16.8. The number of hydrogen-bond donors (Lipinski definition) is 1. The Labute approximate surface area is 138 Å². The van der Waals surface area contributed by atoms with Crippen LogP contribution in [0.2, 0.25) is 0 Å². The smallest absolute Gasteiger partial charge is 0.108 e. The first kappa shape index (κ1) is 19.4. The zero-order valence-corrected chi connectivity index (χ0v) is 15.4. The van der Waals surface area contributed by atoms with Crippen LogP contribution in [0.1, 0.15) is 53.7 Å². The Morgan fingerprint density at radius 3 is 2.50 bits per heavy atom. The van der Waals surface area contributed by atoms with Crippen molar-refractivity contribution in [3.8, 4) is 0 Å². The molecule has 1 aromatic heterocycles. The molecule has 0 spiro atoms. The number of nitrogens with zero attached hydrogens (tertiary/aromatic N) is 3. The Balaban J connectivity index is 2.42. The normalized spacial score (nSPS) is 14.3. The molecule has 1 atom stereocenters. The van der Waals surface area contributed by atoms with Gasteiger partial charge in [0, 0.05) is 4.75 Å². The van der Waals surface area contributed by atoms with Gasteiger partial charge in [-0.05, 0) is 32.9 Å². The summed E-state index contributed by atoms with van der Waals surface area (Å²) in [7, 11) is 0. The van der Waals surface area contributed by atoms with Gasteiger partial charge in [-0.1, -0.05) is 26.0 Å². The Hall–Kier alpha value is -0.630. The van der Waals surface area contributed by atoms with Crippen LogP contribution in [-0.2, 0) is 22.7 Å². The highest BCUT2D eigenvalue weighted by Gasteiger charge is 2.16. The maximum Gasteiger partial charge on any atom is 0.108 e. The van der Waals surface area contributed by atoms with E-state index in [1.807, 2.05) is 38.7 Å². The van der Waals surface area contributed by atoms with Gasteiger partial charge >= 0.3 is 0 Å². The second kappa shape index (κ2) is 8.29. The van der Waals surface area contributed by atoms with Gasteiger partial charge in [-0.25, -0.2) is 10.6 Å². The van der Waals surface area contributed by atoms with Gasteiger partial charge < -0.3 is 4.74 Å². The number of hydrogen-bond acceptors (Lipinski definition) is 6. The average molecular weight is 330 g/mol. The topological polar surface area (TPSA) is 75.2 Å². The van der Waals surface area contributed by atoms with Crippen molar-refractivity contribution in [1.82, 2.24) is 15.0 Å². The van der Waals surface area contributed by atoms with Crippen LogP contribution in [-0.4, -0.2) is 37.2 Å². The molecule has 6 nitrogen and oxygen atoms in total. The summed E-state index contributed by atoms with van der Waals surface area (Å²) in [5, 5.41) is 8.22. The SMILES string of the molecule is CC(C)(C)OCc1cn(CC(CCSC(C)(C)C)ON)nn1. The van der Waals surface area contributed by atoms with Crippen molar-refractivity contribution in [2.75, 3.05) is 5.75 Å². The van der Waals surface area contributed by atoms with Gasteiger partial charge in [0.1, 0.15) is 5.69 Å². The quantitative estimate of drug-likeness (QED) is 0.739. The van der Waals surface area contributed by atoms with Gasteiger partial charge in [-0.2, -0.15) is 11.8 Å². The summed E-state index contributed by atoms with van der Waals surface area (Å²) in [5.41, 5.74) is 0.631. The molecular formula is C15H30N4O2S. The van der Waals surface area contributed by atoms with E-state index < -0.39 is 0 Å². The molecule has 1 rings (SSSR count). The summed E-state index contributed by atoms with van der Waals surface area (Å²) in [5.74, 6) is 6.40. The first-order valence-electron chi connectivity index (χ1n) is 7.61. The van der Waals surface area contributed by atoms with Crippen molar-refractivity contribution in [3.63, 3.8) is 0 Å². The first-order chi connectivity index (χ1) is 10.1. The largest absolute Gasteiger partial charge is 0.369 e. The van der Waals surface area contributed by atoms with Crippen molar-refractivity contribution in [2.24, 2.45) is 5.90 Å². The predicted octanol–water partition coefficient (Wildman–Crippen LogP) is 2.77. The van der Waals surface area contributed by atoms with Crippen molar-refractivity contribution < 1.29 is 9.57 Å². The van der Waals surface area contributed by atoms with Crippen LogP contribution in [0.3, 0.4) is 0 Å². The molecule has 0 saturated carbocycles. The minimum atomic E-state index is -0.184. The van der Waals surface area contributed by atoms with Gasteiger partial charge in [0.25, 0.3) is 0 Å². The van der Waals surface area contributed by atoms with Gasteiger partial charge in [0.15, 0.2) is 0 Å². The van der Waals surface area contributed by atoms with Crippen molar-refractivity contribution in [3.05, 3.63) is 11.9 Å². The summed E-state index contributed by atoms with van der Waals surface area (Å²) < 4.78 is 7.71. The van der Waals surface area contributed by atoms with Crippen LogP contribution in [0.25, 0.3) is 0 Å². The molecule has 0 aliphatic carbocycles. The highest BCUT2D eigenvalue weighted by atomic mass is 32.2. The van der Waals surface area contributed by atoms with Gasteiger partial charge in [0.2, 0.25) is 0 Å². The molecule has 1 heterocycles. The monoisotopic (exact) mass is 330 g/mol.